The SMILES string of the molecule is CCCCC/C=C\C/C=C\CCCCCCCCC1(CCCCCCCC/C=C\C/C=C\CCCCC)CC1C=O.CCCCC/C=C\C/C=C\CCCCCCCCC1(CCCCCCCC/C=C\C/C=C\CCCCC)CC1CO. The summed E-state index contributed by atoms with van der Waals surface area (Å²) in [6.07, 6.45) is 110. The van der Waals surface area contributed by atoms with Gasteiger partial charge in [0.15, 0.2) is 0 Å². The van der Waals surface area contributed by atoms with Crippen LogP contribution < -0.4 is 0 Å². The van der Waals surface area contributed by atoms with E-state index in [1.165, 1.54) is 327 Å². The van der Waals surface area contributed by atoms with Crippen molar-refractivity contribution >= 4 is 6.29 Å². The Hall–Kier alpha value is -2.45. The van der Waals surface area contributed by atoms with Crippen molar-refractivity contribution in [2.24, 2.45) is 22.7 Å². The van der Waals surface area contributed by atoms with Gasteiger partial charge in [-0.2, -0.15) is 0 Å². The predicted octanol–water partition coefficient (Wildman–Crippen LogP) is 27.0. The van der Waals surface area contributed by atoms with Gasteiger partial charge in [0, 0.05) is 12.5 Å². The molecule has 2 saturated carbocycles. The first kappa shape index (κ1) is 77.6. The van der Waals surface area contributed by atoms with Gasteiger partial charge in [-0.25, -0.2) is 0 Å². The fourth-order valence-electron chi connectivity index (χ4n) is 12.6. The summed E-state index contributed by atoms with van der Waals surface area (Å²) in [7, 11) is 0. The second kappa shape index (κ2) is 61.6. The van der Waals surface area contributed by atoms with E-state index in [4.69, 9.17) is 0 Å². The van der Waals surface area contributed by atoms with E-state index in [1.807, 2.05) is 0 Å². The fraction of sp³-hybridized carbons (Fsp3) is 0.787. The summed E-state index contributed by atoms with van der Waals surface area (Å²) in [5, 5.41) is 9.79. The lowest BCUT2D eigenvalue weighted by Crippen LogP contribution is -2.07. The Morgan fingerprint density at radius 2 is 0.500 bits per heavy atom. The average Bonchev–Trinajstić information content (AvgIpc) is 4.60. The van der Waals surface area contributed by atoms with Crippen LogP contribution in [0.5, 0.6) is 0 Å². The quantitative estimate of drug-likeness (QED) is 0.0374. The van der Waals surface area contributed by atoms with E-state index in [2.05, 4.69) is 125 Å². The summed E-state index contributed by atoms with van der Waals surface area (Å²) < 4.78 is 0. The van der Waals surface area contributed by atoms with E-state index in [1.54, 1.807) is 0 Å². The number of hydrogen-bond acceptors (Lipinski definition) is 2. The molecule has 2 aliphatic carbocycles. The van der Waals surface area contributed by atoms with Gasteiger partial charge in [0.1, 0.15) is 6.29 Å². The van der Waals surface area contributed by atoms with Crippen molar-refractivity contribution in [1.29, 1.82) is 0 Å². The molecule has 0 aromatic carbocycles. The molecule has 2 heteroatoms. The van der Waals surface area contributed by atoms with E-state index >= 15 is 0 Å². The van der Waals surface area contributed by atoms with Gasteiger partial charge in [-0.15, -0.1) is 0 Å². The topological polar surface area (TPSA) is 37.3 Å². The summed E-state index contributed by atoms with van der Waals surface area (Å²) in [6, 6.07) is 0. The monoisotopic (exact) mass is 1140 g/mol. The molecule has 0 aromatic rings. The zero-order valence-electron chi connectivity index (χ0n) is 55.7. The summed E-state index contributed by atoms with van der Waals surface area (Å²) in [4.78, 5) is 11.5. The lowest BCUT2D eigenvalue weighted by Gasteiger charge is -2.17. The lowest BCUT2D eigenvalue weighted by molar-refractivity contribution is -0.109. The third kappa shape index (κ3) is 49.8. The first-order valence-corrected chi connectivity index (χ1v) is 36.8. The molecule has 0 saturated heterocycles. The van der Waals surface area contributed by atoms with Gasteiger partial charge in [0.2, 0.25) is 0 Å². The number of unbranched alkanes of at least 4 members (excludes halogenated alkanes) is 36. The van der Waals surface area contributed by atoms with Crippen LogP contribution in [-0.2, 0) is 4.79 Å². The van der Waals surface area contributed by atoms with Crippen LogP contribution in [0.3, 0.4) is 0 Å². The van der Waals surface area contributed by atoms with Crippen LogP contribution in [0.25, 0.3) is 0 Å². The summed E-state index contributed by atoms with van der Waals surface area (Å²) >= 11 is 0. The third-order valence-corrected chi connectivity index (χ3v) is 18.5. The zero-order chi connectivity index (χ0) is 59.1. The zero-order valence-corrected chi connectivity index (χ0v) is 55.7. The minimum Gasteiger partial charge on any atom is -0.396 e. The molecule has 0 radical (unpaired) electrons. The van der Waals surface area contributed by atoms with Gasteiger partial charge >= 0.3 is 0 Å². The van der Waals surface area contributed by atoms with Crippen molar-refractivity contribution in [2.45, 2.75) is 374 Å². The van der Waals surface area contributed by atoms with Gasteiger partial charge in [-0.1, -0.05) is 305 Å². The molecule has 0 heterocycles. The van der Waals surface area contributed by atoms with Crippen molar-refractivity contribution in [2.75, 3.05) is 6.61 Å². The van der Waals surface area contributed by atoms with E-state index in [9.17, 15) is 9.90 Å². The smallest absolute Gasteiger partial charge is 0.123 e. The van der Waals surface area contributed by atoms with Gasteiger partial charge in [-0.3, -0.25) is 0 Å². The molecule has 2 fully saturated rings. The van der Waals surface area contributed by atoms with Gasteiger partial charge < -0.3 is 9.90 Å². The molecule has 2 atom stereocenters. The number of aldehydes is 1. The number of carbonyl (C=O) groups is 1. The maximum absolute atomic E-state index is 11.5. The molecule has 474 valence electrons. The number of hydrogen-bond donors (Lipinski definition) is 1. The van der Waals surface area contributed by atoms with Crippen LogP contribution in [0.4, 0.5) is 0 Å². The largest absolute Gasteiger partial charge is 0.396 e. The molecule has 1 N–H and O–H groups in total. The molecule has 2 nitrogen and oxygen atoms in total. The van der Waals surface area contributed by atoms with Crippen LogP contribution in [0, 0.1) is 22.7 Å². The maximum atomic E-state index is 11.5. The average molecular weight is 1140 g/mol. The normalized spacial score (nSPS) is 16.7. The van der Waals surface area contributed by atoms with E-state index < -0.39 is 0 Å². The van der Waals surface area contributed by atoms with Crippen molar-refractivity contribution in [1.82, 2.24) is 0 Å². The Balaban J connectivity index is 0.000000820. The minimum absolute atomic E-state index is 0.374. The van der Waals surface area contributed by atoms with Crippen molar-refractivity contribution in [3.8, 4) is 0 Å². The lowest BCUT2D eigenvalue weighted by atomic mass is 9.89. The molecule has 0 bridgehead atoms. The molecule has 2 rings (SSSR count). The molecule has 0 aliphatic heterocycles. The number of carbonyl (C=O) groups excluding carboxylic acids is 1. The molecule has 0 aromatic heterocycles. The highest BCUT2D eigenvalue weighted by molar-refractivity contribution is 5.60. The van der Waals surface area contributed by atoms with Crippen LogP contribution in [0.1, 0.15) is 374 Å². The standard InChI is InChI=1S/C40H72O.C40H70O/c2*1-3-5-7-9-11-13-15-17-19-21-23-25-27-29-31-33-35-40(37-39(40)38-41)36-34-32-30-28-26-24-22-20-18-16-14-12-10-8-6-4-2/h11-14,17-20,39,41H,3-10,15-16,21-38H2,1-2H3;11-14,17-20,38-39H,3-10,15-16,21-37H2,1-2H3/b2*13-11-,14-12-,19-17-,20-18-. The van der Waals surface area contributed by atoms with Crippen molar-refractivity contribution in [3.63, 3.8) is 0 Å². The summed E-state index contributed by atoms with van der Waals surface area (Å²) in [6.45, 7) is 9.49. The van der Waals surface area contributed by atoms with E-state index in [-0.39, 0.29) is 0 Å². The second-order valence-electron chi connectivity index (χ2n) is 26.1. The van der Waals surface area contributed by atoms with Crippen LogP contribution in [0.2, 0.25) is 0 Å². The third-order valence-electron chi connectivity index (χ3n) is 18.5. The van der Waals surface area contributed by atoms with E-state index in [0.717, 1.165) is 25.7 Å². The van der Waals surface area contributed by atoms with E-state index in [0.29, 0.717) is 29.3 Å². The first-order chi connectivity index (χ1) is 40.6. The molecule has 0 amide bonds. The maximum Gasteiger partial charge on any atom is 0.123 e. The second-order valence-corrected chi connectivity index (χ2v) is 26.1. The van der Waals surface area contributed by atoms with Gasteiger partial charge in [0.05, 0.1) is 0 Å². The number of aliphatic hydroxyl groups is 1. The fourth-order valence-corrected chi connectivity index (χ4v) is 12.6. The summed E-state index contributed by atoms with van der Waals surface area (Å²) in [5.41, 5.74) is 0.908. The highest BCUT2D eigenvalue weighted by atomic mass is 16.3. The van der Waals surface area contributed by atoms with Crippen molar-refractivity contribution < 1.29 is 9.90 Å². The predicted molar refractivity (Wildman–Crippen MR) is 370 cm³/mol. The van der Waals surface area contributed by atoms with Crippen LogP contribution >= 0.6 is 0 Å². The minimum atomic E-state index is 0.374. The number of rotatable bonds is 62. The first-order valence-electron chi connectivity index (χ1n) is 36.8. The Morgan fingerprint density at radius 1 is 0.280 bits per heavy atom. The number of allylic oxidation sites excluding steroid dienone is 16. The Labute approximate surface area is 514 Å². The molecular formula is C80H142O2. The Kier molecular flexibility index (Phi) is 58.3. The Bertz CT molecular complexity index is 1470. The van der Waals surface area contributed by atoms with Crippen LogP contribution in [0.15, 0.2) is 97.2 Å². The highest BCUT2D eigenvalue weighted by Crippen LogP contribution is 2.60. The Morgan fingerprint density at radius 3 is 0.707 bits per heavy atom. The van der Waals surface area contributed by atoms with Crippen LogP contribution in [-0.4, -0.2) is 18.0 Å². The molecule has 82 heavy (non-hydrogen) atoms. The van der Waals surface area contributed by atoms with Crippen molar-refractivity contribution in [3.05, 3.63) is 97.2 Å². The van der Waals surface area contributed by atoms with Gasteiger partial charge in [0.25, 0.3) is 0 Å². The molecular weight excluding hydrogens is 993 g/mol. The molecule has 0 spiro atoms. The highest BCUT2D eigenvalue weighted by Gasteiger charge is 2.52. The summed E-state index contributed by atoms with van der Waals surface area (Å²) in [5.74, 6) is 0.983. The number of aliphatic hydroxyl groups excluding tert-OH is 1. The molecule has 2 aliphatic rings. The molecule has 2 unspecified atom stereocenters. The van der Waals surface area contributed by atoms with Gasteiger partial charge in [-0.05, 0) is 184 Å².